The zero-order valence-electron chi connectivity index (χ0n) is 11.7. The molecule has 0 spiro atoms. The lowest BCUT2D eigenvalue weighted by molar-refractivity contribution is 0.0804. The Hall–Kier alpha value is -0.860. The maximum Gasteiger partial charge on any atom is 0.0275 e. The van der Waals surface area contributed by atoms with Crippen LogP contribution in [0, 0.1) is 5.92 Å². The average Bonchev–Trinajstić information content (AvgIpc) is 2.40. The molecule has 0 amide bonds. The molecule has 0 saturated carbocycles. The average molecular weight is 246 g/mol. The Morgan fingerprint density at radius 2 is 1.78 bits per heavy atom. The molecular formula is C16H26N2. The number of hydrogen-bond acceptors (Lipinski definition) is 2. The molecule has 2 heteroatoms. The summed E-state index contributed by atoms with van der Waals surface area (Å²) in [6, 6.07) is 10.9. The summed E-state index contributed by atoms with van der Waals surface area (Å²) in [6.07, 6.45) is 3.84. The van der Waals surface area contributed by atoms with E-state index >= 15 is 0 Å². The molecule has 1 aromatic rings. The molecule has 0 radical (unpaired) electrons. The highest BCUT2D eigenvalue weighted by Crippen LogP contribution is 2.25. The standard InChI is InChI=1S/C16H26N2/c1-16(2,13-17)18-10-8-15(9-11-18)12-14-6-4-3-5-7-14/h3-7,15H,8-13,17H2,1-2H3. The van der Waals surface area contributed by atoms with Crippen LogP contribution in [0.5, 0.6) is 0 Å². The van der Waals surface area contributed by atoms with E-state index < -0.39 is 0 Å². The van der Waals surface area contributed by atoms with Gasteiger partial charge in [-0.3, -0.25) is 4.90 Å². The predicted octanol–water partition coefficient (Wildman–Crippen LogP) is 2.68. The molecule has 0 unspecified atom stereocenters. The van der Waals surface area contributed by atoms with Crippen molar-refractivity contribution in [2.75, 3.05) is 19.6 Å². The topological polar surface area (TPSA) is 29.3 Å². The third-order valence-corrected chi connectivity index (χ3v) is 4.34. The molecule has 1 aliphatic rings. The molecule has 18 heavy (non-hydrogen) atoms. The van der Waals surface area contributed by atoms with Crippen molar-refractivity contribution in [3.63, 3.8) is 0 Å². The van der Waals surface area contributed by atoms with Gasteiger partial charge in [-0.2, -0.15) is 0 Å². The highest BCUT2D eigenvalue weighted by Gasteiger charge is 2.29. The minimum atomic E-state index is 0.164. The molecule has 1 aromatic carbocycles. The molecule has 0 bridgehead atoms. The number of rotatable bonds is 4. The highest BCUT2D eigenvalue weighted by molar-refractivity contribution is 5.15. The summed E-state index contributed by atoms with van der Waals surface area (Å²) in [6.45, 7) is 7.65. The third-order valence-electron chi connectivity index (χ3n) is 4.34. The van der Waals surface area contributed by atoms with Gasteiger partial charge < -0.3 is 5.73 Å². The minimum Gasteiger partial charge on any atom is -0.329 e. The molecule has 2 rings (SSSR count). The number of likely N-dealkylation sites (tertiary alicyclic amines) is 1. The van der Waals surface area contributed by atoms with E-state index in [4.69, 9.17) is 5.73 Å². The summed E-state index contributed by atoms with van der Waals surface area (Å²) in [5.74, 6) is 0.845. The molecule has 1 aliphatic heterocycles. The van der Waals surface area contributed by atoms with E-state index in [1.807, 2.05) is 0 Å². The SMILES string of the molecule is CC(C)(CN)N1CCC(Cc2ccccc2)CC1. The number of hydrogen-bond donors (Lipinski definition) is 1. The fourth-order valence-corrected chi connectivity index (χ4v) is 2.82. The first-order valence-electron chi connectivity index (χ1n) is 7.11. The van der Waals surface area contributed by atoms with Gasteiger partial charge in [0.2, 0.25) is 0 Å². The molecule has 2 N–H and O–H groups in total. The first kappa shape index (κ1) is 13.6. The number of nitrogens with two attached hydrogens (primary N) is 1. The van der Waals surface area contributed by atoms with Gasteiger partial charge in [0.25, 0.3) is 0 Å². The molecule has 100 valence electrons. The summed E-state index contributed by atoms with van der Waals surface area (Å²) in [4.78, 5) is 2.55. The second kappa shape index (κ2) is 5.85. The van der Waals surface area contributed by atoms with Crippen molar-refractivity contribution in [1.82, 2.24) is 4.90 Å². The Kier molecular flexibility index (Phi) is 4.41. The van der Waals surface area contributed by atoms with Crippen LogP contribution in [0.4, 0.5) is 0 Å². The highest BCUT2D eigenvalue weighted by atomic mass is 15.2. The van der Waals surface area contributed by atoms with Crippen LogP contribution >= 0.6 is 0 Å². The van der Waals surface area contributed by atoms with Crippen LogP contribution < -0.4 is 5.73 Å². The van der Waals surface area contributed by atoms with E-state index in [1.54, 1.807) is 0 Å². The molecule has 0 atom stereocenters. The van der Waals surface area contributed by atoms with Crippen LogP contribution in [0.1, 0.15) is 32.3 Å². The summed E-state index contributed by atoms with van der Waals surface area (Å²) in [5, 5.41) is 0. The molecule has 0 aromatic heterocycles. The quantitative estimate of drug-likeness (QED) is 0.885. The van der Waals surface area contributed by atoms with E-state index in [2.05, 4.69) is 49.1 Å². The second-order valence-corrected chi connectivity index (χ2v) is 6.14. The lowest BCUT2D eigenvalue weighted by Gasteiger charge is -2.42. The smallest absolute Gasteiger partial charge is 0.0275 e. The summed E-state index contributed by atoms with van der Waals surface area (Å²) >= 11 is 0. The van der Waals surface area contributed by atoms with Crippen molar-refractivity contribution in [2.24, 2.45) is 11.7 Å². The van der Waals surface area contributed by atoms with Crippen LogP contribution in [0.3, 0.4) is 0 Å². The summed E-state index contributed by atoms with van der Waals surface area (Å²) in [7, 11) is 0. The van der Waals surface area contributed by atoms with E-state index in [9.17, 15) is 0 Å². The molecule has 1 saturated heterocycles. The van der Waals surface area contributed by atoms with Crippen LogP contribution in [-0.4, -0.2) is 30.1 Å². The van der Waals surface area contributed by atoms with Gasteiger partial charge in [0.15, 0.2) is 0 Å². The molecule has 0 aliphatic carbocycles. The first-order valence-corrected chi connectivity index (χ1v) is 7.11. The maximum atomic E-state index is 5.85. The van der Waals surface area contributed by atoms with Crippen LogP contribution in [0.25, 0.3) is 0 Å². The van der Waals surface area contributed by atoms with Crippen molar-refractivity contribution in [3.8, 4) is 0 Å². The largest absolute Gasteiger partial charge is 0.329 e. The second-order valence-electron chi connectivity index (χ2n) is 6.14. The monoisotopic (exact) mass is 246 g/mol. The zero-order valence-corrected chi connectivity index (χ0v) is 11.7. The maximum absolute atomic E-state index is 5.85. The first-order chi connectivity index (χ1) is 8.62. The Morgan fingerprint density at radius 3 is 2.33 bits per heavy atom. The number of benzene rings is 1. The predicted molar refractivity (Wildman–Crippen MR) is 77.6 cm³/mol. The molecule has 1 fully saturated rings. The van der Waals surface area contributed by atoms with Crippen molar-refractivity contribution in [1.29, 1.82) is 0 Å². The van der Waals surface area contributed by atoms with Crippen LogP contribution in [-0.2, 0) is 6.42 Å². The molecule has 1 heterocycles. The van der Waals surface area contributed by atoms with Gasteiger partial charge in [-0.25, -0.2) is 0 Å². The van der Waals surface area contributed by atoms with Crippen molar-refractivity contribution in [3.05, 3.63) is 35.9 Å². The van der Waals surface area contributed by atoms with Crippen molar-refractivity contribution in [2.45, 2.75) is 38.6 Å². The lowest BCUT2D eigenvalue weighted by atomic mass is 9.88. The van der Waals surface area contributed by atoms with Gasteiger partial charge in [0, 0.05) is 12.1 Å². The van der Waals surface area contributed by atoms with Crippen LogP contribution in [0.15, 0.2) is 30.3 Å². The van der Waals surface area contributed by atoms with E-state index in [1.165, 1.54) is 37.9 Å². The Balaban J connectivity index is 1.84. The minimum absolute atomic E-state index is 0.164. The van der Waals surface area contributed by atoms with Crippen molar-refractivity contribution >= 4 is 0 Å². The van der Waals surface area contributed by atoms with Gasteiger partial charge >= 0.3 is 0 Å². The van der Waals surface area contributed by atoms with Gasteiger partial charge in [0.1, 0.15) is 0 Å². The third kappa shape index (κ3) is 3.33. The summed E-state index contributed by atoms with van der Waals surface area (Å²) < 4.78 is 0. The number of piperidine rings is 1. The fourth-order valence-electron chi connectivity index (χ4n) is 2.82. The number of nitrogens with zero attached hydrogens (tertiary/aromatic N) is 1. The normalized spacial score (nSPS) is 19.1. The fraction of sp³-hybridized carbons (Fsp3) is 0.625. The van der Waals surface area contributed by atoms with Gasteiger partial charge in [-0.15, -0.1) is 0 Å². The van der Waals surface area contributed by atoms with E-state index in [0.717, 1.165) is 12.5 Å². The summed E-state index contributed by atoms with van der Waals surface area (Å²) in [5.41, 5.74) is 7.50. The Bertz CT molecular complexity index is 351. The Labute approximate surface area is 111 Å². The van der Waals surface area contributed by atoms with E-state index in [0.29, 0.717) is 0 Å². The van der Waals surface area contributed by atoms with E-state index in [-0.39, 0.29) is 5.54 Å². The van der Waals surface area contributed by atoms with Gasteiger partial charge in [-0.05, 0) is 57.7 Å². The lowest BCUT2D eigenvalue weighted by Crippen LogP contribution is -2.52. The van der Waals surface area contributed by atoms with Crippen molar-refractivity contribution < 1.29 is 0 Å². The molecular weight excluding hydrogens is 220 g/mol. The van der Waals surface area contributed by atoms with Crippen LogP contribution in [0.2, 0.25) is 0 Å². The van der Waals surface area contributed by atoms with Gasteiger partial charge in [-0.1, -0.05) is 30.3 Å². The van der Waals surface area contributed by atoms with Gasteiger partial charge in [0.05, 0.1) is 0 Å². The zero-order chi connectivity index (χ0) is 13.0. The molecule has 2 nitrogen and oxygen atoms in total. The Morgan fingerprint density at radius 1 is 1.17 bits per heavy atom.